The van der Waals surface area contributed by atoms with E-state index in [0.717, 1.165) is 11.1 Å². The Morgan fingerprint density at radius 1 is 1.21 bits per heavy atom. The molecule has 0 aliphatic carbocycles. The number of hydrogen-bond donors (Lipinski definition) is 1. The third-order valence-electron chi connectivity index (χ3n) is 3.22. The van der Waals surface area contributed by atoms with Crippen LogP contribution in [-0.2, 0) is 0 Å². The first-order valence-electron chi connectivity index (χ1n) is 6.05. The lowest BCUT2D eigenvalue weighted by atomic mass is 9.91. The second kappa shape index (κ2) is 6.04. The lowest BCUT2D eigenvalue weighted by Crippen LogP contribution is -2.09. The van der Waals surface area contributed by atoms with Crippen molar-refractivity contribution in [3.8, 4) is 5.75 Å². The SMILES string of the molecule is COc1cc(Cl)ccc1C(O)C(C)c1ccncc1. The van der Waals surface area contributed by atoms with Crippen LogP contribution in [0.25, 0.3) is 0 Å². The summed E-state index contributed by atoms with van der Waals surface area (Å²) in [5.41, 5.74) is 1.76. The van der Waals surface area contributed by atoms with Crippen molar-refractivity contribution < 1.29 is 9.84 Å². The Morgan fingerprint density at radius 3 is 2.53 bits per heavy atom. The summed E-state index contributed by atoms with van der Waals surface area (Å²) in [5, 5.41) is 11.1. The fourth-order valence-corrected chi connectivity index (χ4v) is 2.21. The molecule has 2 rings (SSSR count). The van der Waals surface area contributed by atoms with E-state index in [1.54, 1.807) is 37.7 Å². The molecule has 19 heavy (non-hydrogen) atoms. The molecule has 0 aliphatic rings. The van der Waals surface area contributed by atoms with Gasteiger partial charge in [0, 0.05) is 28.9 Å². The molecule has 100 valence electrons. The van der Waals surface area contributed by atoms with Crippen LogP contribution in [0, 0.1) is 0 Å². The molecule has 2 unspecified atom stereocenters. The third-order valence-corrected chi connectivity index (χ3v) is 3.45. The molecule has 0 amide bonds. The molecule has 0 fully saturated rings. The standard InChI is InChI=1S/C15H16ClNO2/c1-10(11-5-7-17-8-6-11)15(18)13-4-3-12(16)9-14(13)19-2/h3-10,15,18H,1-2H3. The predicted molar refractivity (Wildman–Crippen MR) is 75.6 cm³/mol. The molecule has 1 N–H and O–H groups in total. The zero-order chi connectivity index (χ0) is 13.8. The summed E-state index contributed by atoms with van der Waals surface area (Å²) in [6.45, 7) is 1.97. The van der Waals surface area contributed by atoms with Crippen molar-refractivity contribution in [1.29, 1.82) is 0 Å². The monoisotopic (exact) mass is 277 g/mol. The minimum absolute atomic E-state index is 0.0573. The van der Waals surface area contributed by atoms with Crippen molar-refractivity contribution in [2.75, 3.05) is 7.11 Å². The lowest BCUT2D eigenvalue weighted by molar-refractivity contribution is 0.148. The maximum atomic E-state index is 10.5. The Morgan fingerprint density at radius 2 is 1.89 bits per heavy atom. The number of aromatic nitrogens is 1. The highest BCUT2D eigenvalue weighted by atomic mass is 35.5. The summed E-state index contributed by atoms with van der Waals surface area (Å²) in [6, 6.07) is 9.05. The smallest absolute Gasteiger partial charge is 0.126 e. The first-order valence-corrected chi connectivity index (χ1v) is 6.42. The van der Waals surface area contributed by atoms with Crippen molar-refractivity contribution >= 4 is 11.6 Å². The van der Waals surface area contributed by atoms with Crippen LogP contribution in [0.2, 0.25) is 5.02 Å². The van der Waals surface area contributed by atoms with Gasteiger partial charge in [-0.05, 0) is 29.8 Å². The molecule has 3 nitrogen and oxygen atoms in total. The highest BCUT2D eigenvalue weighted by molar-refractivity contribution is 6.30. The summed E-state index contributed by atoms with van der Waals surface area (Å²) in [7, 11) is 1.57. The fraction of sp³-hybridized carbons (Fsp3) is 0.267. The highest BCUT2D eigenvalue weighted by Crippen LogP contribution is 2.36. The van der Waals surface area contributed by atoms with E-state index in [9.17, 15) is 5.11 Å². The van der Waals surface area contributed by atoms with Gasteiger partial charge in [-0.25, -0.2) is 0 Å². The van der Waals surface area contributed by atoms with E-state index in [-0.39, 0.29) is 5.92 Å². The number of nitrogens with zero attached hydrogens (tertiary/aromatic N) is 1. The van der Waals surface area contributed by atoms with Gasteiger partial charge in [0.2, 0.25) is 0 Å². The molecule has 0 spiro atoms. The summed E-state index contributed by atoms with van der Waals surface area (Å²) in [5.74, 6) is 0.541. The summed E-state index contributed by atoms with van der Waals surface area (Å²) >= 11 is 5.93. The Balaban J connectivity index is 2.31. The molecular formula is C15H16ClNO2. The molecule has 1 aromatic carbocycles. The normalized spacial score (nSPS) is 13.9. The Hall–Kier alpha value is -1.58. The quantitative estimate of drug-likeness (QED) is 0.929. The first kappa shape index (κ1) is 13.8. The third kappa shape index (κ3) is 3.06. The van der Waals surface area contributed by atoms with Gasteiger partial charge in [0.15, 0.2) is 0 Å². The van der Waals surface area contributed by atoms with Gasteiger partial charge in [0.05, 0.1) is 13.2 Å². The number of aliphatic hydroxyl groups excluding tert-OH is 1. The van der Waals surface area contributed by atoms with Gasteiger partial charge in [0.25, 0.3) is 0 Å². The molecule has 0 saturated heterocycles. The van der Waals surface area contributed by atoms with E-state index < -0.39 is 6.10 Å². The van der Waals surface area contributed by atoms with E-state index in [0.29, 0.717) is 10.8 Å². The van der Waals surface area contributed by atoms with Gasteiger partial charge >= 0.3 is 0 Å². The molecule has 2 atom stereocenters. The zero-order valence-electron chi connectivity index (χ0n) is 10.9. The topological polar surface area (TPSA) is 42.4 Å². The van der Waals surface area contributed by atoms with Crippen LogP contribution < -0.4 is 4.74 Å². The maximum Gasteiger partial charge on any atom is 0.126 e. The van der Waals surface area contributed by atoms with Crippen LogP contribution in [0.15, 0.2) is 42.7 Å². The van der Waals surface area contributed by atoms with Crippen molar-refractivity contribution in [3.63, 3.8) is 0 Å². The minimum Gasteiger partial charge on any atom is -0.496 e. The maximum absolute atomic E-state index is 10.5. The van der Waals surface area contributed by atoms with E-state index in [2.05, 4.69) is 4.98 Å². The molecule has 0 aliphatic heterocycles. The number of rotatable bonds is 4. The van der Waals surface area contributed by atoms with Gasteiger partial charge in [-0.15, -0.1) is 0 Å². The van der Waals surface area contributed by atoms with E-state index in [1.807, 2.05) is 19.1 Å². The molecule has 1 heterocycles. The Labute approximate surface area is 117 Å². The predicted octanol–water partition coefficient (Wildman–Crippen LogP) is 3.58. The van der Waals surface area contributed by atoms with Crippen LogP contribution in [0.3, 0.4) is 0 Å². The first-order chi connectivity index (χ1) is 9.13. The lowest BCUT2D eigenvalue weighted by Gasteiger charge is -2.21. The van der Waals surface area contributed by atoms with Crippen LogP contribution in [-0.4, -0.2) is 17.2 Å². The van der Waals surface area contributed by atoms with Crippen molar-refractivity contribution in [3.05, 3.63) is 58.9 Å². The molecule has 0 saturated carbocycles. The van der Waals surface area contributed by atoms with Crippen molar-refractivity contribution in [2.24, 2.45) is 0 Å². The van der Waals surface area contributed by atoms with Gasteiger partial charge in [-0.3, -0.25) is 4.98 Å². The van der Waals surface area contributed by atoms with E-state index in [1.165, 1.54) is 0 Å². The number of benzene rings is 1. The van der Waals surface area contributed by atoms with Crippen LogP contribution in [0.1, 0.15) is 30.1 Å². The number of methoxy groups -OCH3 is 1. The molecular weight excluding hydrogens is 262 g/mol. The second-order valence-electron chi connectivity index (χ2n) is 4.40. The van der Waals surface area contributed by atoms with Gasteiger partial charge in [-0.1, -0.05) is 24.6 Å². The summed E-state index contributed by atoms with van der Waals surface area (Å²) < 4.78 is 5.28. The second-order valence-corrected chi connectivity index (χ2v) is 4.84. The number of halogens is 1. The molecule has 0 bridgehead atoms. The number of pyridine rings is 1. The average molecular weight is 278 g/mol. The van der Waals surface area contributed by atoms with Crippen molar-refractivity contribution in [1.82, 2.24) is 4.98 Å². The van der Waals surface area contributed by atoms with E-state index in [4.69, 9.17) is 16.3 Å². The highest BCUT2D eigenvalue weighted by Gasteiger charge is 2.21. The van der Waals surface area contributed by atoms with Gasteiger partial charge in [-0.2, -0.15) is 0 Å². The molecule has 2 aromatic rings. The largest absolute Gasteiger partial charge is 0.496 e. The van der Waals surface area contributed by atoms with Gasteiger partial charge < -0.3 is 9.84 Å². The zero-order valence-corrected chi connectivity index (χ0v) is 11.6. The molecule has 0 radical (unpaired) electrons. The Bertz CT molecular complexity index is 545. The molecule has 4 heteroatoms. The average Bonchev–Trinajstić information content (AvgIpc) is 2.46. The van der Waals surface area contributed by atoms with Crippen molar-refractivity contribution in [2.45, 2.75) is 18.9 Å². The number of hydrogen-bond acceptors (Lipinski definition) is 3. The summed E-state index contributed by atoms with van der Waals surface area (Å²) in [6.07, 6.45) is 2.78. The van der Waals surface area contributed by atoms with E-state index >= 15 is 0 Å². The van der Waals surface area contributed by atoms with Gasteiger partial charge in [0.1, 0.15) is 5.75 Å². The number of ether oxygens (including phenoxy) is 1. The summed E-state index contributed by atoms with van der Waals surface area (Å²) in [4.78, 5) is 3.98. The van der Waals surface area contributed by atoms with Crippen LogP contribution in [0.4, 0.5) is 0 Å². The van der Waals surface area contributed by atoms with Crippen LogP contribution in [0.5, 0.6) is 5.75 Å². The Kier molecular flexibility index (Phi) is 4.40. The molecule has 1 aromatic heterocycles. The minimum atomic E-state index is -0.658. The van der Waals surface area contributed by atoms with Crippen LogP contribution >= 0.6 is 11.6 Å². The number of aliphatic hydroxyl groups is 1. The fourth-order valence-electron chi connectivity index (χ4n) is 2.05.